The number of carbonyl (C=O) groups is 1. The molecular formula is C19H21ClF3N3O. The smallest absolute Gasteiger partial charge is 0.355 e. The van der Waals surface area contributed by atoms with E-state index in [1.807, 2.05) is 0 Å². The zero-order chi connectivity index (χ0) is 18.7. The maximum Gasteiger partial charge on any atom is 0.416 e. The van der Waals surface area contributed by atoms with Crippen molar-refractivity contribution in [1.82, 2.24) is 10.2 Å². The summed E-state index contributed by atoms with van der Waals surface area (Å²) in [6, 6.07) is 11.9. The number of likely N-dealkylation sites (N-methyl/N-ethyl adjacent to an activating group) is 1. The SMILES string of the molecule is CN(C(=O)c1ccccc1Nc1cccc(C(F)(F)F)c1)C1CCNC1.Cl. The van der Waals surface area contributed by atoms with Gasteiger partial charge in [-0.05, 0) is 43.3 Å². The number of carbonyl (C=O) groups excluding carboxylic acids is 1. The van der Waals surface area contributed by atoms with Crippen molar-refractivity contribution < 1.29 is 18.0 Å². The molecular weight excluding hydrogens is 379 g/mol. The Balaban J connectivity index is 0.00000261. The summed E-state index contributed by atoms with van der Waals surface area (Å²) in [4.78, 5) is 14.5. The predicted octanol–water partition coefficient (Wildman–Crippen LogP) is 4.30. The molecule has 0 bridgehead atoms. The lowest BCUT2D eigenvalue weighted by Crippen LogP contribution is -2.38. The van der Waals surface area contributed by atoms with Crippen LogP contribution in [0, 0.1) is 0 Å². The molecule has 0 aliphatic carbocycles. The molecule has 0 aromatic heterocycles. The Bertz CT molecular complexity index is 792. The molecule has 8 heteroatoms. The molecule has 0 saturated carbocycles. The van der Waals surface area contributed by atoms with Crippen LogP contribution in [0.1, 0.15) is 22.3 Å². The molecule has 4 nitrogen and oxygen atoms in total. The Labute approximate surface area is 162 Å². The highest BCUT2D eigenvalue weighted by Gasteiger charge is 2.30. The highest BCUT2D eigenvalue weighted by molar-refractivity contribution is 6.00. The summed E-state index contributed by atoms with van der Waals surface area (Å²) < 4.78 is 38.7. The van der Waals surface area contributed by atoms with Gasteiger partial charge in [-0.3, -0.25) is 4.79 Å². The first kappa shape index (κ1) is 21.1. The van der Waals surface area contributed by atoms with E-state index in [9.17, 15) is 18.0 Å². The van der Waals surface area contributed by atoms with Gasteiger partial charge in [0.2, 0.25) is 0 Å². The number of rotatable bonds is 4. The molecule has 0 spiro atoms. The number of nitrogens with one attached hydrogen (secondary N) is 2. The van der Waals surface area contributed by atoms with Crippen LogP contribution >= 0.6 is 12.4 Å². The number of amides is 1. The van der Waals surface area contributed by atoms with Crippen LogP contribution in [0.2, 0.25) is 0 Å². The van der Waals surface area contributed by atoms with Crippen molar-refractivity contribution in [2.45, 2.75) is 18.6 Å². The largest absolute Gasteiger partial charge is 0.416 e. The highest BCUT2D eigenvalue weighted by Crippen LogP contribution is 2.32. The number of halogens is 4. The van der Waals surface area contributed by atoms with Crippen LogP contribution in [0.4, 0.5) is 24.5 Å². The van der Waals surface area contributed by atoms with Gasteiger partial charge in [-0.2, -0.15) is 13.2 Å². The summed E-state index contributed by atoms with van der Waals surface area (Å²) >= 11 is 0. The molecule has 1 amide bonds. The molecule has 2 aromatic carbocycles. The molecule has 1 fully saturated rings. The molecule has 2 N–H and O–H groups in total. The molecule has 1 aliphatic rings. The van der Waals surface area contributed by atoms with Gasteiger partial charge in [-0.15, -0.1) is 12.4 Å². The number of benzene rings is 2. The summed E-state index contributed by atoms with van der Waals surface area (Å²) in [5.74, 6) is -0.159. The number of para-hydroxylation sites is 1. The van der Waals surface area contributed by atoms with E-state index >= 15 is 0 Å². The number of nitrogens with zero attached hydrogens (tertiary/aromatic N) is 1. The minimum absolute atomic E-state index is 0. The molecule has 0 radical (unpaired) electrons. The lowest BCUT2D eigenvalue weighted by Gasteiger charge is -2.25. The van der Waals surface area contributed by atoms with E-state index in [2.05, 4.69) is 10.6 Å². The van der Waals surface area contributed by atoms with E-state index in [4.69, 9.17) is 0 Å². The molecule has 1 unspecified atom stereocenters. The normalized spacial score (nSPS) is 16.5. The Morgan fingerprint density at radius 2 is 1.93 bits per heavy atom. The van der Waals surface area contributed by atoms with Crippen molar-refractivity contribution in [3.05, 3.63) is 59.7 Å². The van der Waals surface area contributed by atoms with Crippen LogP contribution in [0.5, 0.6) is 0 Å². The van der Waals surface area contributed by atoms with E-state index in [0.717, 1.165) is 31.6 Å². The monoisotopic (exact) mass is 399 g/mol. The maximum atomic E-state index is 12.9. The third kappa shape index (κ3) is 4.93. The van der Waals surface area contributed by atoms with Crippen molar-refractivity contribution in [2.24, 2.45) is 0 Å². The average Bonchev–Trinajstić information content (AvgIpc) is 3.15. The fraction of sp³-hybridized carbons (Fsp3) is 0.316. The third-order valence-corrected chi connectivity index (χ3v) is 4.53. The summed E-state index contributed by atoms with van der Waals surface area (Å²) in [6.45, 7) is 1.61. The van der Waals surface area contributed by atoms with Gasteiger partial charge >= 0.3 is 6.18 Å². The predicted molar refractivity (Wildman–Crippen MR) is 102 cm³/mol. The lowest BCUT2D eigenvalue weighted by atomic mass is 10.1. The quantitative estimate of drug-likeness (QED) is 0.805. The van der Waals surface area contributed by atoms with Gasteiger partial charge in [-0.25, -0.2) is 0 Å². The van der Waals surface area contributed by atoms with Gasteiger partial charge in [0, 0.05) is 25.3 Å². The maximum absolute atomic E-state index is 12.9. The minimum Gasteiger partial charge on any atom is -0.355 e. The van der Waals surface area contributed by atoms with Crippen molar-refractivity contribution in [1.29, 1.82) is 0 Å². The Hall–Kier alpha value is -2.25. The van der Waals surface area contributed by atoms with Crippen LogP contribution in [-0.2, 0) is 6.18 Å². The van der Waals surface area contributed by atoms with Gasteiger partial charge in [-0.1, -0.05) is 18.2 Å². The molecule has 1 saturated heterocycles. The van der Waals surface area contributed by atoms with Gasteiger partial charge in [0.15, 0.2) is 0 Å². The van der Waals surface area contributed by atoms with E-state index in [1.165, 1.54) is 6.07 Å². The second-order valence-electron chi connectivity index (χ2n) is 6.31. The van der Waals surface area contributed by atoms with Crippen LogP contribution in [0.25, 0.3) is 0 Å². The van der Waals surface area contributed by atoms with Gasteiger partial charge in [0.25, 0.3) is 5.91 Å². The summed E-state index contributed by atoms with van der Waals surface area (Å²) in [6.07, 6.45) is -3.53. The van der Waals surface area contributed by atoms with E-state index in [1.54, 1.807) is 42.3 Å². The molecule has 27 heavy (non-hydrogen) atoms. The Morgan fingerprint density at radius 1 is 1.19 bits per heavy atom. The lowest BCUT2D eigenvalue weighted by molar-refractivity contribution is -0.137. The van der Waals surface area contributed by atoms with Crippen LogP contribution in [-0.4, -0.2) is 37.0 Å². The standard InChI is InChI=1S/C19H20F3N3O.ClH/c1-25(15-9-10-23-12-15)18(26)16-7-2-3-8-17(16)24-14-6-4-5-13(11-14)19(20,21)22;/h2-8,11,15,23-24H,9-10,12H2,1H3;1H. The number of hydrogen-bond donors (Lipinski definition) is 2. The summed E-state index contributed by atoms with van der Waals surface area (Å²) in [5.41, 5.74) is 0.458. The topological polar surface area (TPSA) is 44.4 Å². The summed E-state index contributed by atoms with van der Waals surface area (Å²) in [7, 11) is 1.75. The fourth-order valence-corrected chi connectivity index (χ4v) is 3.03. The van der Waals surface area contributed by atoms with Gasteiger partial charge in [0.1, 0.15) is 0 Å². The molecule has 1 aliphatic heterocycles. The molecule has 146 valence electrons. The van der Waals surface area contributed by atoms with Crippen LogP contribution < -0.4 is 10.6 Å². The van der Waals surface area contributed by atoms with Crippen molar-refractivity contribution in [2.75, 3.05) is 25.5 Å². The molecule has 1 heterocycles. The zero-order valence-corrected chi connectivity index (χ0v) is 15.5. The summed E-state index contributed by atoms with van der Waals surface area (Å²) in [5, 5.41) is 6.17. The van der Waals surface area contributed by atoms with E-state index < -0.39 is 11.7 Å². The minimum atomic E-state index is -4.41. The first-order valence-corrected chi connectivity index (χ1v) is 8.37. The number of hydrogen-bond acceptors (Lipinski definition) is 3. The van der Waals surface area contributed by atoms with E-state index in [0.29, 0.717) is 11.3 Å². The number of anilines is 2. The van der Waals surface area contributed by atoms with Crippen LogP contribution in [0.15, 0.2) is 48.5 Å². The second kappa shape index (κ2) is 8.63. The van der Waals surface area contributed by atoms with Crippen molar-refractivity contribution in [3.63, 3.8) is 0 Å². The Kier molecular flexibility index (Phi) is 6.73. The second-order valence-corrected chi connectivity index (χ2v) is 6.31. The molecule has 3 rings (SSSR count). The first-order valence-electron chi connectivity index (χ1n) is 8.37. The molecule has 2 aromatic rings. The van der Waals surface area contributed by atoms with Crippen molar-refractivity contribution in [3.8, 4) is 0 Å². The van der Waals surface area contributed by atoms with Crippen LogP contribution in [0.3, 0.4) is 0 Å². The number of alkyl halides is 3. The van der Waals surface area contributed by atoms with Crippen molar-refractivity contribution >= 4 is 29.7 Å². The van der Waals surface area contributed by atoms with Gasteiger partial charge < -0.3 is 15.5 Å². The first-order chi connectivity index (χ1) is 12.4. The third-order valence-electron chi connectivity index (χ3n) is 4.53. The van der Waals surface area contributed by atoms with Gasteiger partial charge in [0.05, 0.1) is 16.8 Å². The Morgan fingerprint density at radius 3 is 2.59 bits per heavy atom. The fourth-order valence-electron chi connectivity index (χ4n) is 3.03. The highest BCUT2D eigenvalue weighted by atomic mass is 35.5. The zero-order valence-electron chi connectivity index (χ0n) is 14.7. The van der Waals surface area contributed by atoms with E-state index in [-0.39, 0.29) is 30.0 Å². The average molecular weight is 400 g/mol. The molecule has 1 atom stereocenters.